The molecule has 0 amide bonds. The van der Waals surface area contributed by atoms with Gasteiger partial charge in [0.1, 0.15) is 0 Å². The summed E-state index contributed by atoms with van der Waals surface area (Å²) in [7, 11) is 0. The topological polar surface area (TPSA) is 9.23 Å². The zero-order valence-corrected chi connectivity index (χ0v) is 7.89. The van der Waals surface area contributed by atoms with Gasteiger partial charge in [0.15, 0.2) is 0 Å². The first-order chi connectivity index (χ1) is 5.70. The molecule has 0 unspecified atom stereocenters. The maximum atomic E-state index is 5.21. The molecule has 0 atom stereocenters. The molecule has 1 aliphatic carbocycles. The van der Waals surface area contributed by atoms with Gasteiger partial charge >= 0.3 is 0 Å². The largest absolute Gasteiger partial charge is 0.380 e. The third-order valence-corrected chi connectivity index (χ3v) is 2.75. The molecule has 1 saturated heterocycles. The van der Waals surface area contributed by atoms with Crippen LogP contribution in [0.4, 0.5) is 0 Å². The van der Waals surface area contributed by atoms with Crippen molar-refractivity contribution >= 4 is 0 Å². The Morgan fingerprint density at radius 2 is 2.00 bits per heavy atom. The van der Waals surface area contributed by atoms with Crippen molar-refractivity contribution in [1.82, 2.24) is 0 Å². The van der Waals surface area contributed by atoms with E-state index in [0.29, 0.717) is 17.3 Å². The second-order valence-corrected chi connectivity index (χ2v) is 4.54. The minimum Gasteiger partial charge on any atom is -0.380 e. The van der Waals surface area contributed by atoms with Crippen molar-refractivity contribution in [1.29, 1.82) is 0 Å². The van der Waals surface area contributed by atoms with E-state index in [1.165, 1.54) is 12.8 Å². The zero-order chi connectivity index (χ0) is 8.60. The molecule has 0 aromatic rings. The van der Waals surface area contributed by atoms with Crippen LogP contribution in [0, 0.1) is 29.1 Å². The highest BCUT2D eigenvalue weighted by Crippen LogP contribution is 2.50. The maximum absolute atomic E-state index is 5.21. The summed E-state index contributed by atoms with van der Waals surface area (Å²) in [5.74, 6) is 7.78. The van der Waals surface area contributed by atoms with Crippen molar-refractivity contribution < 1.29 is 4.74 Å². The van der Waals surface area contributed by atoms with Crippen LogP contribution in [0.1, 0.15) is 26.7 Å². The molecule has 2 rings (SSSR count). The molecular weight excluding hydrogens is 148 g/mol. The molecule has 1 heteroatoms. The Hall–Kier alpha value is -0.480. The van der Waals surface area contributed by atoms with E-state index in [9.17, 15) is 0 Å². The van der Waals surface area contributed by atoms with E-state index < -0.39 is 0 Å². The van der Waals surface area contributed by atoms with Gasteiger partial charge in [-0.15, -0.1) is 5.92 Å². The monoisotopic (exact) mass is 164 g/mol. The van der Waals surface area contributed by atoms with E-state index in [2.05, 4.69) is 25.7 Å². The summed E-state index contributed by atoms with van der Waals surface area (Å²) in [6.45, 7) is 6.28. The van der Waals surface area contributed by atoms with Crippen LogP contribution < -0.4 is 0 Å². The third kappa shape index (κ3) is 1.36. The summed E-state index contributed by atoms with van der Waals surface area (Å²) in [6, 6.07) is 0. The fourth-order valence-electron chi connectivity index (χ4n) is 2.00. The molecule has 1 aliphatic heterocycles. The molecule has 2 fully saturated rings. The minimum atomic E-state index is 0.527. The van der Waals surface area contributed by atoms with E-state index in [-0.39, 0.29) is 0 Å². The lowest BCUT2D eigenvalue weighted by Gasteiger charge is -2.51. The highest BCUT2D eigenvalue weighted by molar-refractivity contribution is 5.14. The average Bonchev–Trinajstić information content (AvgIpc) is 1.79. The van der Waals surface area contributed by atoms with Crippen LogP contribution in [0.2, 0.25) is 0 Å². The van der Waals surface area contributed by atoms with Gasteiger partial charge in [-0.2, -0.15) is 0 Å². The van der Waals surface area contributed by atoms with Gasteiger partial charge in [0.25, 0.3) is 0 Å². The summed E-state index contributed by atoms with van der Waals surface area (Å²) < 4.78 is 5.21. The lowest BCUT2D eigenvalue weighted by Crippen LogP contribution is -2.51. The molecule has 0 N–H and O–H groups in total. The van der Waals surface area contributed by atoms with Gasteiger partial charge in [-0.1, -0.05) is 19.8 Å². The smallest absolute Gasteiger partial charge is 0.0545 e. The second kappa shape index (κ2) is 2.78. The van der Waals surface area contributed by atoms with Crippen LogP contribution in [-0.4, -0.2) is 13.2 Å². The highest BCUT2D eigenvalue weighted by atomic mass is 16.5. The van der Waals surface area contributed by atoms with Crippen molar-refractivity contribution in [3.63, 3.8) is 0 Å². The quantitative estimate of drug-likeness (QED) is 0.498. The van der Waals surface area contributed by atoms with E-state index >= 15 is 0 Å². The molecule has 0 bridgehead atoms. The maximum Gasteiger partial charge on any atom is 0.0545 e. The minimum absolute atomic E-state index is 0.527. The van der Waals surface area contributed by atoms with Crippen molar-refractivity contribution in [2.75, 3.05) is 13.2 Å². The fraction of sp³-hybridized carbons (Fsp3) is 0.818. The predicted molar refractivity (Wildman–Crippen MR) is 48.6 cm³/mol. The van der Waals surface area contributed by atoms with Gasteiger partial charge in [-0.05, 0) is 12.8 Å². The summed E-state index contributed by atoms with van der Waals surface area (Å²) in [4.78, 5) is 0. The van der Waals surface area contributed by atoms with Crippen molar-refractivity contribution in [3.8, 4) is 11.8 Å². The van der Waals surface area contributed by atoms with Gasteiger partial charge in [0, 0.05) is 17.3 Å². The molecule has 2 aliphatic rings. The van der Waals surface area contributed by atoms with Crippen LogP contribution >= 0.6 is 0 Å². The lowest BCUT2D eigenvalue weighted by molar-refractivity contribution is -0.169. The van der Waals surface area contributed by atoms with Crippen molar-refractivity contribution in [2.24, 2.45) is 17.3 Å². The lowest BCUT2D eigenvalue weighted by atomic mass is 9.61. The first kappa shape index (κ1) is 8.13. The third-order valence-electron chi connectivity index (χ3n) is 2.75. The van der Waals surface area contributed by atoms with E-state index in [4.69, 9.17) is 4.74 Å². The molecular formula is C11H16O. The molecule has 1 spiro atoms. The molecule has 12 heavy (non-hydrogen) atoms. The van der Waals surface area contributed by atoms with Crippen LogP contribution in [-0.2, 0) is 4.74 Å². The van der Waals surface area contributed by atoms with Crippen molar-refractivity contribution in [2.45, 2.75) is 26.7 Å². The number of rotatable bonds is 0. The Morgan fingerprint density at radius 1 is 1.33 bits per heavy atom. The molecule has 1 saturated carbocycles. The summed E-state index contributed by atoms with van der Waals surface area (Å²) in [5.41, 5.74) is 0.580. The highest BCUT2D eigenvalue weighted by Gasteiger charge is 2.49. The van der Waals surface area contributed by atoms with Gasteiger partial charge < -0.3 is 4.74 Å². The molecule has 0 aromatic heterocycles. The Labute approximate surface area is 74.5 Å². The Balaban J connectivity index is 1.79. The van der Waals surface area contributed by atoms with Gasteiger partial charge in [-0.25, -0.2) is 0 Å². The Bertz CT molecular complexity index is 219. The average molecular weight is 164 g/mol. The van der Waals surface area contributed by atoms with Crippen LogP contribution in [0.25, 0.3) is 0 Å². The first-order valence-corrected chi connectivity index (χ1v) is 4.79. The first-order valence-electron chi connectivity index (χ1n) is 4.79. The standard InChI is InChI=1S/C11H16O/c1-9(2)3-4-10-5-11(6-10)7-12-8-11/h9-10H,5-8H2,1-2H3. The second-order valence-electron chi connectivity index (χ2n) is 4.54. The Morgan fingerprint density at radius 3 is 2.42 bits per heavy atom. The number of hydrogen-bond acceptors (Lipinski definition) is 1. The zero-order valence-electron chi connectivity index (χ0n) is 7.89. The normalized spacial score (nSPS) is 25.9. The van der Waals surface area contributed by atoms with Crippen LogP contribution in [0.5, 0.6) is 0 Å². The van der Waals surface area contributed by atoms with E-state index in [1.807, 2.05) is 0 Å². The van der Waals surface area contributed by atoms with Gasteiger partial charge in [0.05, 0.1) is 13.2 Å². The summed E-state index contributed by atoms with van der Waals surface area (Å²) in [5, 5.41) is 0. The summed E-state index contributed by atoms with van der Waals surface area (Å²) >= 11 is 0. The SMILES string of the molecule is CC(C)C#CC1CC2(COC2)C1. The van der Waals surface area contributed by atoms with Gasteiger partial charge in [-0.3, -0.25) is 0 Å². The van der Waals surface area contributed by atoms with Crippen LogP contribution in [0.3, 0.4) is 0 Å². The van der Waals surface area contributed by atoms with Gasteiger partial charge in [0.2, 0.25) is 0 Å². The molecule has 0 radical (unpaired) electrons. The molecule has 1 heterocycles. The van der Waals surface area contributed by atoms with Crippen LogP contribution in [0.15, 0.2) is 0 Å². The molecule has 1 nitrogen and oxygen atoms in total. The number of hydrogen-bond donors (Lipinski definition) is 0. The predicted octanol–water partition coefficient (Wildman–Crippen LogP) is 2.07. The number of ether oxygens (including phenoxy) is 1. The fourth-order valence-corrected chi connectivity index (χ4v) is 2.00. The summed E-state index contributed by atoms with van der Waals surface area (Å²) in [6.07, 6.45) is 2.57. The van der Waals surface area contributed by atoms with Crippen molar-refractivity contribution in [3.05, 3.63) is 0 Å². The molecule has 66 valence electrons. The molecule has 0 aromatic carbocycles. The van der Waals surface area contributed by atoms with E-state index in [0.717, 1.165) is 13.2 Å². The Kier molecular flexibility index (Phi) is 1.88. The van der Waals surface area contributed by atoms with E-state index in [1.54, 1.807) is 0 Å².